The molecule has 1 saturated heterocycles. The maximum Gasteiger partial charge on any atom is 0.309 e. The van der Waals surface area contributed by atoms with Gasteiger partial charge in [-0.3, -0.25) is 4.79 Å². The second-order valence-electron chi connectivity index (χ2n) is 7.27. The summed E-state index contributed by atoms with van der Waals surface area (Å²) in [6, 6.07) is 13.4. The summed E-state index contributed by atoms with van der Waals surface area (Å²) >= 11 is 0. The van der Waals surface area contributed by atoms with Gasteiger partial charge in [0.15, 0.2) is 6.61 Å². The molecule has 152 valence electrons. The van der Waals surface area contributed by atoms with Gasteiger partial charge in [0.25, 0.3) is 5.89 Å². The third-order valence-corrected chi connectivity index (χ3v) is 5.14. The number of hydrogen-bond donors (Lipinski definition) is 0. The molecule has 0 spiro atoms. The number of carbonyl (C=O) groups excluding carboxylic acids is 1. The Morgan fingerprint density at radius 1 is 1.23 bits per heavy atom. The van der Waals surface area contributed by atoms with E-state index in [2.05, 4.69) is 26.1 Å². The SMILES string of the molecule is Cc1ccc(-c2nc(COC(=O)C3CCN(c4ccc(C#N)cn4)CC3)no2)cc1. The molecule has 8 nitrogen and oxygen atoms in total. The molecule has 1 aliphatic heterocycles. The Morgan fingerprint density at radius 3 is 2.67 bits per heavy atom. The molecule has 0 radical (unpaired) electrons. The number of ether oxygens (including phenoxy) is 1. The molecule has 0 bridgehead atoms. The van der Waals surface area contributed by atoms with Crippen LogP contribution in [0.3, 0.4) is 0 Å². The smallest absolute Gasteiger partial charge is 0.309 e. The molecule has 1 aromatic carbocycles. The molecule has 0 unspecified atom stereocenters. The van der Waals surface area contributed by atoms with E-state index in [4.69, 9.17) is 14.5 Å². The number of nitrogens with zero attached hydrogens (tertiary/aromatic N) is 5. The molecule has 3 aromatic rings. The summed E-state index contributed by atoms with van der Waals surface area (Å²) < 4.78 is 10.7. The lowest BCUT2D eigenvalue weighted by molar-refractivity contribution is -0.150. The number of esters is 1. The zero-order valence-corrected chi connectivity index (χ0v) is 16.6. The highest BCUT2D eigenvalue weighted by atomic mass is 16.5. The van der Waals surface area contributed by atoms with Crippen molar-refractivity contribution in [2.45, 2.75) is 26.4 Å². The van der Waals surface area contributed by atoms with Crippen LogP contribution in [0, 0.1) is 24.2 Å². The summed E-state index contributed by atoms with van der Waals surface area (Å²) in [5.74, 6) is 1.16. The van der Waals surface area contributed by atoms with Crippen molar-refractivity contribution in [1.82, 2.24) is 15.1 Å². The van der Waals surface area contributed by atoms with Crippen LogP contribution in [0.1, 0.15) is 29.8 Å². The molecule has 0 N–H and O–H groups in total. The molecule has 2 aromatic heterocycles. The first-order valence-corrected chi connectivity index (χ1v) is 9.80. The first kappa shape index (κ1) is 19.6. The van der Waals surface area contributed by atoms with E-state index >= 15 is 0 Å². The van der Waals surface area contributed by atoms with Gasteiger partial charge in [-0.1, -0.05) is 22.9 Å². The standard InChI is InChI=1S/C22H21N5O3/c1-15-2-5-17(6-3-15)21-25-19(26-30-21)14-29-22(28)18-8-10-27(11-9-18)20-7-4-16(12-23)13-24-20/h2-7,13,18H,8-11,14H2,1H3. The molecule has 0 amide bonds. The van der Waals surface area contributed by atoms with Gasteiger partial charge >= 0.3 is 5.97 Å². The van der Waals surface area contributed by atoms with Crippen LogP contribution in [0.25, 0.3) is 11.5 Å². The third kappa shape index (κ3) is 4.46. The van der Waals surface area contributed by atoms with Crippen molar-refractivity contribution < 1.29 is 14.1 Å². The number of benzene rings is 1. The average molecular weight is 403 g/mol. The number of rotatable bonds is 5. The van der Waals surface area contributed by atoms with Crippen molar-refractivity contribution in [3.63, 3.8) is 0 Å². The van der Waals surface area contributed by atoms with E-state index in [9.17, 15) is 4.79 Å². The van der Waals surface area contributed by atoms with Crippen molar-refractivity contribution in [3.05, 3.63) is 59.5 Å². The summed E-state index contributed by atoms with van der Waals surface area (Å²) in [6.07, 6.45) is 2.92. The predicted octanol–water partition coefficient (Wildman–Crippen LogP) is 3.27. The Kier molecular flexibility index (Phi) is 5.70. The first-order chi connectivity index (χ1) is 14.6. The summed E-state index contributed by atoms with van der Waals surface area (Å²) in [5.41, 5.74) is 2.51. The Morgan fingerprint density at radius 2 is 2.00 bits per heavy atom. The number of piperidine rings is 1. The molecular formula is C22H21N5O3. The number of pyridine rings is 1. The molecule has 3 heterocycles. The fraction of sp³-hybridized carbons (Fsp3) is 0.318. The van der Waals surface area contributed by atoms with Gasteiger partial charge in [0.05, 0.1) is 11.5 Å². The summed E-state index contributed by atoms with van der Waals surface area (Å²) in [7, 11) is 0. The fourth-order valence-electron chi connectivity index (χ4n) is 3.36. The molecular weight excluding hydrogens is 382 g/mol. The zero-order chi connectivity index (χ0) is 20.9. The maximum atomic E-state index is 12.4. The third-order valence-electron chi connectivity index (χ3n) is 5.14. The highest BCUT2D eigenvalue weighted by molar-refractivity contribution is 5.72. The number of hydrogen-bond acceptors (Lipinski definition) is 8. The van der Waals surface area contributed by atoms with Crippen LogP contribution >= 0.6 is 0 Å². The fourth-order valence-corrected chi connectivity index (χ4v) is 3.36. The van der Waals surface area contributed by atoms with Crippen LogP contribution in [-0.2, 0) is 16.1 Å². The van der Waals surface area contributed by atoms with Crippen LogP contribution in [0.4, 0.5) is 5.82 Å². The normalized spacial score (nSPS) is 14.3. The van der Waals surface area contributed by atoms with E-state index in [1.54, 1.807) is 12.3 Å². The maximum absolute atomic E-state index is 12.4. The Hall–Kier alpha value is -3.73. The highest BCUT2D eigenvalue weighted by Gasteiger charge is 2.27. The second-order valence-corrected chi connectivity index (χ2v) is 7.27. The largest absolute Gasteiger partial charge is 0.457 e. The average Bonchev–Trinajstić information content (AvgIpc) is 3.27. The molecule has 30 heavy (non-hydrogen) atoms. The van der Waals surface area contributed by atoms with Crippen molar-refractivity contribution in [2.75, 3.05) is 18.0 Å². The number of nitriles is 1. The van der Waals surface area contributed by atoms with Gasteiger partial charge in [-0.2, -0.15) is 10.2 Å². The first-order valence-electron chi connectivity index (χ1n) is 9.80. The van der Waals surface area contributed by atoms with Gasteiger partial charge in [-0.15, -0.1) is 0 Å². The lowest BCUT2D eigenvalue weighted by Gasteiger charge is -2.31. The van der Waals surface area contributed by atoms with E-state index in [-0.39, 0.29) is 18.5 Å². The molecule has 1 fully saturated rings. The molecule has 0 atom stereocenters. The minimum Gasteiger partial charge on any atom is -0.457 e. The monoisotopic (exact) mass is 403 g/mol. The Labute approximate surface area is 174 Å². The molecule has 0 aliphatic carbocycles. The summed E-state index contributed by atoms with van der Waals surface area (Å²) in [5, 5.41) is 12.8. The lowest BCUT2D eigenvalue weighted by atomic mass is 9.97. The van der Waals surface area contributed by atoms with Gasteiger partial charge in [-0.25, -0.2) is 4.98 Å². The minimum atomic E-state index is -0.246. The van der Waals surface area contributed by atoms with E-state index in [1.807, 2.05) is 37.3 Å². The van der Waals surface area contributed by atoms with E-state index in [1.165, 1.54) is 0 Å². The summed E-state index contributed by atoms with van der Waals surface area (Å²) in [6.45, 7) is 3.41. The van der Waals surface area contributed by atoms with Crippen LogP contribution in [-0.4, -0.2) is 34.2 Å². The van der Waals surface area contributed by atoms with E-state index in [0.717, 1.165) is 16.9 Å². The van der Waals surface area contributed by atoms with Gasteiger partial charge in [0, 0.05) is 24.8 Å². The predicted molar refractivity (Wildman–Crippen MR) is 108 cm³/mol. The molecule has 1 aliphatic rings. The van der Waals surface area contributed by atoms with Crippen molar-refractivity contribution in [3.8, 4) is 17.5 Å². The van der Waals surface area contributed by atoms with Crippen molar-refractivity contribution in [2.24, 2.45) is 5.92 Å². The van der Waals surface area contributed by atoms with Gasteiger partial charge < -0.3 is 14.2 Å². The highest BCUT2D eigenvalue weighted by Crippen LogP contribution is 2.23. The van der Waals surface area contributed by atoms with Gasteiger partial charge in [-0.05, 0) is 44.0 Å². The topological polar surface area (TPSA) is 105 Å². The second kappa shape index (κ2) is 8.74. The van der Waals surface area contributed by atoms with Crippen molar-refractivity contribution >= 4 is 11.8 Å². The van der Waals surface area contributed by atoms with Crippen molar-refractivity contribution in [1.29, 1.82) is 5.26 Å². The number of aryl methyl sites for hydroxylation is 1. The quantitative estimate of drug-likeness (QED) is 0.598. The molecule has 0 saturated carbocycles. The van der Waals surface area contributed by atoms with Crippen LogP contribution in [0.2, 0.25) is 0 Å². The number of anilines is 1. The van der Waals surface area contributed by atoms with E-state index < -0.39 is 0 Å². The summed E-state index contributed by atoms with van der Waals surface area (Å²) in [4.78, 5) is 23.2. The van der Waals surface area contributed by atoms with Crippen LogP contribution in [0.5, 0.6) is 0 Å². The zero-order valence-electron chi connectivity index (χ0n) is 16.6. The number of carbonyl (C=O) groups is 1. The Bertz CT molecular complexity index is 1050. The van der Waals surface area contributed by atoms with Gasteiger partial charge in [0.1, 0.15) is 11.9 Å². The van der Waals surface area contributed by atoms with E-state index in [0.29, 0.717) is 43.2 Å². The minimum absolute atomic E-state index is 0.00835. The van der Waals surface area contributed by atoms with Crippen LogP contribution < -0.4 is 4.90 Å². The number of aromatic nitrogens is 3. The van der Waals surface area contributed by atoms with Crippen LogP contribution in [0.15, 0.2) is 47.1 Å². The molecule has 8 heteroatoms. The molecule has 4 rings (SSSR count). The Balaban J connectivity index is 1.27. The van der Waals surface area contributed by atoms with Gasteiger partial charge in [0.2, 0.25) is 5.82 Å². The lowest BCUT2D eigenvalue weighted by Crippen LogP contribution is -2.37.